The minimum absolute atomic E-state index is 0.0417. The van der Waals surface area contributed by atoms with E-state index >= 15 is 0 Å². The number of carbonyl (C=O) groups is 1. The van der Waals surface area contributed by atoms with E-state index in [4.69, 9.17) is 4.74 Å². The standard InChI is InChI=1S/C17H13F6N3O4S/c18-9-2-1-8(7-10(9)31(28,29)26-3-5-30-6-4-26)17(27)25-24-16-14(22)12(20)11(19)13(21)15(16)23/h1-2,7,24H,3-6H2,(H,25,27). The molecule has 1 heterocycles. The molecular formula is C17H13F6N3O4S. The molecule has 2 aromatic rings. The average Bonchev–Trinajstić information content (AvgIpc) is 2.77. The fourth-order valence-corrected chi connectivity index (χ4v) is 4.17. The third kappa shape index (κ3) is 4.31. The number of rotatable bonds is 5. The Labute approximate surface area is 171 Å². The van der Waals surface area contributed by atoms with Gasteiger partial charge in [0, 0.05) is 18.7 Å². The molecular weight excluding hydrogens is 456 g/mol. The zero-order valence-corrected chi connectivity index (χ0v) is 16.1. The molecule has 0 bridgehead atoms. The van der Waals surface area contributed by atoms with Crippen LogP contribution in [0.15, 0.2) is 23.1 Å². The number of morpholine rings is 1. The second kappa shape index (κ2) is 8.72. The maximum atomic E-state index is 14.2. The van der Waals surface area contributed by atoms with Crippen LogP contribution >= 0.6 is 0 Å². The maximum Gasteiger partial charge on any atom is 0.269 e. The molecule has 7 nitrogen and oxygen atoms in total. The lowest BCUT2D eigenvalue weighted by Crippen LogP contribution is -2.41. The van der Waals surface area contributed by atoms with E-state index in [2.05, 4.69) is 0 Å². The summed E-state index contributed by atoms with van der Waals surface area (Å²) in [6.07, 6.45) is 0. The predicted molar refractivity (Wildman–Crippen MR) is 93.3 cm³/mol. The molecule has 0 radical (unpaired) electrons. The summed E-state index contributed by atoms with van der Waals surface area (Å²) in [5, 5.41) is 0. The van der Waals surface area contributed by atoms with E-state index in [1.807, 2.05) is 0 Å². The highest BCUT2D eigenvalue weighted by Crippen LogP contribution is 2.27. The molecule has 0 saturated carbocycles. The monoisotopic (exact) mass is 469 g/mol. The number of anilines is 1. The van der Waals surface area contributed by atoms with Gasteiger partial charge in [0.15, 0.2) is 23.3 Å². The number of sulfonamides is 1. The van der Waals surface area contributed by atoms with Gasteiger partial charge in [-0.15, -0.1) is 0 Å². The van der Waals surface area contributed by atoms with Crippen molar-refractivity contribution < 1.29 is 44.3 Å². The van der Waals surface area contributed by atoms with Crippen molar-refractivity contribution in [3.8, 4) is 0 Å². The zero-order chi connectivity index (χ0) is 22.9. The first-order valence-corrected chi connectivity index (χ1v) is 9.95. The minimum atomic E-state index is -4.33. The molecule has 0 atom stereocenters. The third-order valence-corrected chi connectivity index (χ3v) is 6.21. The van der Waals surface area contributed by atoms with Gasteiger partial charge >= 0.3 is 0 Å². The second-order valence-corrected chi connectivity index (χ2v) is 8.09. The van der Waals surface area contributed by atoms with Crippen molar-refractivity contribution in [1.29, 1.82) is 0 Å². The fourth-order valence-electron chi connectivity index (χ4n) is 2.67. The van der Waals surface area contributed by atoms with Crippen molar-refractivity contribution in [2.75, 3.05) is 31.7 Å². The molecule has 14 heteroatoms. The van der Waals surface area contributed by atoms with E-state index in [0.29, 0.717) is 12.1 Å². The number of benzene rings is 2. The van der Waals surface area contributed by atoms with Gasteiger partial charge in [-0.3, -0.25) is 15.6 Å². The van der Waals surface area contributed by atoms with Crippen LogP contribution in [0.4, 0.5) is 32.0 Å². The van der Waals surface area contributed by atoms with Crippen LogP contribution in [-0.4, -0.2) is 44.9 Å². The summed E-state index contributed by atoms with van der Waals surface area (Å²) in [6.45, 7) is 0.0970. The molecule has 1 aliphatic rings. The normalized spacial score (nSPS) is 15.0. The largest absolute Gasteiger partial charge is 0.379 e. The topological polar surface area (TPSA) is 87.7 Å². The van der Waals surface area contributed by atoms with Crippen LogP contribution in [0.1, 0.15) is 10.4 Å². The van der Waals surface area contributed by atoms with E-state index in [1.54, 1.807) is 10.9 Å². The molecule has 0 aromatic heterocycles. The van der Waals surface area contributed by atoms with Crippen LogP contribution in [0.2, 0.25) is 0 Å². The predicted octanol–water partition coefficient (Wildman–Crippen LogP) is 2.30. The van der Waals surface area contributed by atoms with E-state index in [1.165, 1.54) is 0 Å². The van der Waals surface area contributed by atoms with Gasteiger partial charge in [0.25, 0.3) is 5.91 Å². The number of halogens is 6. The van der Waals surface area contributed by atoms with Gasteiger partial charge in [0.2, 0.25) is 15.8 Å². The number of nitrogens with zero attached hydrogens (tertiary/aromatic N) is 1. The smallest absolute Gasteiger partial charge is 0.269 e. The summed E-state index contributed by atoms with van der Waals surface area (Å²) in [7, 11) is -4.33. The lowest BCUT2D eigenvalue weighted by Gasteiger charge is -2.26. The Balaban J connectivity index is 1.85. The van der Waals surface area contributed by atoms with Crippen molar-refractivity contribution in [2.24, 2.45) is 0 Å². The van der Waals surface area contributed by atoms with Gasteiger partial charge in [-0.1, -0.05) is 0 Å². The molecule has 3 rings (SSSR count). The maximum absolute atomic E-state index is 14.2. The first-order valence-electron chi connectivity index (χ1n) is 8.51. The second-order valence-electron chi connectivity index (χ2n) is 6.19. The molecule has 1 aliphatic heterocycles. The van der Waals surface area contributed by atoms with Crippen LogP contribution in [0.5, 0.6) is 0 Å². The molecule has 1 saturated heterocycles. The fraction of sp³-hybridized carbons (Fsp3) is 0.235. The molecule has 31 heavy (non-hydrogen) atoms. The van der Waals surface area contributed by atoms with Crippen LogP contribution in [0.25, 0.3) is 0 Å². The van der Waals surface area contributed by atoms with Crippen LogP contribution in [0, 0.1) is 34.9 Å². The quantitative estimate of drug-likeness (QED) is 0.304. The number of hydrazine groups is 1. The molecule has 168 valence electrons. The number of amides is 1. The highest BCUT2D eigenvalue weighted by molar-refractivity contribution is 7.89. The molecule has 2 aromatic carbocycles. The summed E-state index contributed by atoms with van der Waals surface area (Å²) in [5.41, 5.74) is 1.23. The Morgan fingerprint density at radius 3 is 2.03 bits per heavy atom. The summed E-state index contributed by atoms with van der Waals surface area (Å²) >= 11 is 0. The van der Waals surface area contributed by atoms with Crippen molar-refractivity contribution >= 4 is 21.6 Å². The Bertz CT molecular complexity index is 1110. The van der Waals surface area contributed by atoms with Crippen LogP contribution in [0.3, 0.4) is 0 Å². The third-order valence-electron chi connectivity index (χ3n) is 4.29. The lowest BCUT2D eigenvalue weighted by atomic mass is 10.2. The Hall–Kier alpha value is -2.84. The molecule has 0 unspecified atom stereocenters. The van der Waals surface area contributed by atoms with Gasteiger partial charge in [0.1, 0.15) is 16.4 Å². The summed E-state index contributed by atoms with van der Waals surface area (Å²) in [5.74, 6) is -13.7. The number of hydrogen-bond donors (Lipinski definition) is 2. The number of carbonyl (C=O) groups excluding carboxylic acids is 1. The van der Waals surface area contributed by atoms with E-state index in [9.17, 15) is 39.6 Å². The van der Waals surface area contributed by atoms with Gasteiger partial charge in [0.05, 0.1) is 13.2 Å². The lowest BCUT2D eigenvalue weighted by molar-refractivity contribution is 0.0729. The van der Waals surface area contributed by atoms with Gasteiger partial charge in [-0.25, -0.2) is 34.8 Å². The van der Waals surface area contributed by atoms with E-state index in [0.717, 1.165) is 10.4 Å². The van der Waals surface area contributed by atoms with Crippen molar-refractivity contribution in [3.63, 3.8) is 0 Å². The van der Waals surface area contributed by atoms with Crippen molar-refractivity contribution in [1.82, 2.24) is 9.73 Å². The Kier molecular flexibility index (Phi) is 6.43. The molecule has 1 amide bonds. The van der Waals surface area contributed by atoms with Gasteiger partial charge in [-0.2, -0.15) is 4.31 Å². The summed E-state index contributed by atoms with van der Waals surface area (Å²) < 4.78 is 112. The highest BCUT2D eigenvalue weighted by Gasteiger charge is 2.30. The van der Waals surface area contributed by atoms with Gasteiger partial charge in [-0.05, 0) is 18.2 Å². The number of nitrogens with one attached hydrogen (secondary N) is 2. The Morgan fingerprint density at radius 2 is 1.45 bits per heavy atom. The molecule has 1 fully saturated rings. The molecule has 2 N–H and O–H groups in total. The zero-order valence-electron chi connectivity index (χ0n) is 15.3. The minimum Gasteiger partial charge on any atom is -0.379 e. The first kappa shape index (κ1) is 22.8. The SMILES string of the molecule is O=C(NNc1c(F)c(F)c(F)c(F)c1F)c1ccc(F)c(S(=O)(=O)N2CCOCC2)c1. The van der Waals surface area contributed by atoms with Gasteiger partial charge < -0.3 is 4.74 Å². The number of hydrogen-bond acceptors (Lipinski definition) is 5. The molecule has 0 aliphatic carbocycles. The van der Waals surface area contributed by atoms with E-state index < -0.39 is 67.0 Å². The molecule has 0 spiro atoms. The number of ether oxygens (including phenoxy) is 1. The van der Waals surface area contributed by atoms with Crippen molar-refractivity contribution in [3.05, 3.63) is 58.7 Å². The summed E-state index contributed by atoms with van der Waals surface area (Å²) in [6, 6.07) is 2.22. The van der Waals surface area contributed by atoms with Crippen LogP contribution < -0.4 is 10.9 Å². The van der Waals surface area contributed by atoms with Crippen LogP contribution in [-0.2, 0) is 14.8 Å². The van der Waals surface area contributed by atoms with E-state index in [-0.39, 0.29) is 26.3 Å². The highest BCUT2D eigenvalue weighted by atomic mass is 32.2. The first-order chi connectivity index (χ1) is 14.6. The Morgan fingerprint density at radius 1 is 0.903 bits per heavy atom. The summed E-state index contributed by atoms with van der Waals surface area (Å²) in [4.78, 5) is 11.4. The van der Waals surface area contributed by atoms with Crippen molar-refractivity contribution in [2.45, 2.75) is 4.90 Å². The average molecular weight is 469 g/mol.